The van der Waals surface area contributed by atoms with E-state index in [1.807, 2.05) is 58.0 Å². The van der Waals surface area contributed by atoms with Crippen LogP contribution in [0.4, 0.5) is 0 Å². The summed E-state index contributed by atoms with van der Waals surface area (Å²) in [5.41, 5.74) is 5.36. The van der Waals surface area contributed by atoms with Gasteiger partial charge >= 0.3 is 0 Å². The van der Waals surface area contributed by atoms with Crippen molar-refractivity contribution in [3.05, 3.63) is 69.3 Å². The molecule has 3 rings (SSSR count). The number of benzene rings is 1. The Morgan fingerprint density at radius 3 is 2.43 bits per heavy atom. The van der Waals surface area contributed by atoms with Gasteiger partial charge in [0.1, 0.15) is 0 Å². The predicted octanol–water partition coefficient (Wildman–Crippen LogP) is 3.75. The van der Waals surface area contributed by atoms with Crippen molar-refractivity contribution in [2.45, 2.75) is 40.7 Å². The maximum atomic E-state index is 12.8. The van der Waals surface area contributed by atoms with Crippen molar-refractivity contribution < 1.29 is 4.79 Å². The SMILES string of the molecule is Cc1cc(C)nc(-n2nc(C)c(CC(=O)N(C)Cc3cccc(Cl)c3)c2C)n1. The summed E-state index contributed by atoms with van der Waals surface area (Å²) in [7, 11) is 1.80. The zero-order valence-electron chi connectivity index (χ0n) is 16.8. The summed E-state index contributed by atoms with van der Waals surface area (Å²) < 4.78 is 1.72. The first-order chi connectivity index (χ1) is 13.2. The molecule has 2 aromatic heterocycles. The second-order valence-electron chi connectivity index (χ2n) is 7.07. The van der Waals surface area contributed by atoms with Gasteiger partial charge in [-0.25, -0.2) is 14.6 Å². The van der Waals surface area contributed by atoms with Crippen molar-refractivity contribution in [1.82, 2.24) is 24.6 Å². The van der Waals surface area contributed by atoms with Crippen LogP contribution < -0.4 is 0 Å². The van der Waals surface area contributed by atoms with E-state index in [2.05, 4.69) is 15.1 Å². The lowest BCUT2D eigenvalue weighted by molar-refractivity contribution is -0.129. The summed E-state index contributed by atoms with van der Waals surface area (Å²) in [5, 5.41) is 5.24. The summed E-state index contributed by atoms with van der Waals surface area (Å²) in [5.74, 6) is 0.552. The average Bonchev–Trinajstić information content (AvgIpc) is 2.89. The topological polar surface area (TPSA) is 63.9 Å². The van der Waals surface area contributed by atoms with E-state index in [0.29, 0.717) is 17.5 Å². The Bertz CT molecular complexity index is 1010. The van der Waals surface area contributed by atoms with Crippen LogP contribution in [-0.4, -0.2) is 37.6 Å². The van der Waals surface area contributed by atoms with Crippen LogP contribution in [0.1, 0.15) is 33.9 Å². The lowest BCUT2D eigenvalue weighted by Crippen LogP contribution is -2.28. The van der Waals surface area contributed by atoms with Crippen molar-refractivity contribution >= 4 is 17.5 Å². The molecule has 0 aliphatic heterocycles. The summed E-state index contributed by atoms with van der Waals surface area (Å²) in [6, 6.07) is 9.46. The van der Waals surface area contributed by atoms with Crippen molar-refractivity contribution in [1.29, 1.82) is 0 Å². The number of hydrogen-bond donors (Lipinski definition) is 0. The normalized spacial score (nSPS) is 10.9. The summed E-state index contributed by atoms with van der Waals surface area (Å²) in [4.78, 5) is 23.4. The van der Waals surface area contributed by atoms with Crippen LogP contribution in [-0.2, 0) is 17.8 Å². The Morgan fingerprint density at radius 1 is 1.11 bits per heavy atom. The summed E-state index contributed by atoms with van der Waals surface area (Å²) >= 11 is 6.04. The average molecular weight is 398 g/mol. The Hall–Kier alpha value is -2.73. The minimum atomic E-state index is 0.0204. The molecule has 0 fully saturated rings. The molecule has 0 bridgehead atoms. The fourth-order valence-electron chi connectivity index (χ4n) is 3.21. The smallest absolute Gasteiger partial charge is 0.251 e. The third-order valence-electron chi connectivity index (χ3n) is 4.66. The van der Waals surface area contributed by atoms with E-state index < -0.39 is 0 Å². The van der Waals surface area contributed by atoms with E-state index in [1.54, 1.807) is 16.6 Å². The van der Waals surface area contributed by atoms with E-state index in [1.165, 1.54) is 0 Å². The fourth-order valence-corrected chi connectivity index (χ4v) is 3.42. The first-order valence-electron chi connectivity index (χ1n) is 9.10. The third-order valence-corrected chi connectivity index (χ3v) is 4.90. The van der Waals surface area contributed by atoms with Crippen molar-refractivity contribution in [3.63, 3.8) is 0 Å². The third kappa shape index (κ3) is 4.39. The Kier molecular flexibility index (Phi) is 5.79. The van der Waals surface area contributed by atoms with Crippen LogP contribution in [0, 0.1) is 27.7 Å². The van der Waals surface area contributed by atoms with Crippen LogP contribution in [0.2, 0.25) is 5.02 Å². The Morgan fingerprint density at radius 2 is 1.79 bits per heavy atom. The molecule has 0 aliphatic carbocycles. The molecule has 0 spiro atoms. The second-order valence-corrected chi connectivity index (χ2v) is 7.50. The van der Waals surface area contributed by atoms with Gasteiger partial charge in [0, 0.05) is 41.3 Å². The number of carbonyl (C=O) groups is 1. The first kappa shape index (κ1) is 20.0. The van der Waals surface area contributed by atoms with Crippen LogP contribution in [0.3, 0.4) is 0 Å². The molecule has 0 radical (unpaired) electrons. The quantitative estimate of drug-likeness (QED) is 0.657. The molecule has 0 atom stereocenters. The molecule has 7 heteroatoms. The summed E-state index contributed by atoms with van der Waals surface area (Å²) in [6.07, 6.45) is 0.277. The second kappa shape index (κ2) is 8.10. The highest BCUT2D eigenvalue weighted by Crippen LogP contribution is 2.19. The molecular formula is C21H24ClN5O. The molecule has 0 saturated carbocycles. The molecule has 0 unspecified atom stereocenters. The molecule has 2 heterocycles. The maximum absolute atomic E-state index is 12.8. The lowest BCUT2D eigenvalue weighted by Gasteiger charge is -2.17. The number of aryl methyl sites for hydroxylation is 3. The highest BCUT2D eigenvalue weighted by Gasteiger charge is 2.19. The summed E-state index contributed by atoms with van der Waals surface area (Å²) in [6.45, 7) is 8.22. The molecule has 146 valence electrons. The van der Waals surface area contributed by atoms with Crippen LogP contribution >= 0.6 is 11.6 Å². The van der Waals surface area contributed by atoms with Gasteiger partial charge in [-0.05, 0) is 51.5 Å². The van der Waals surface area contributed by atoms with E-state index in [-0.39, 0.29) is 12.3 Å². The molecular weight excluding hydrogens is 374 g/mol. The maximum Gasteiger partial charge on any atom is 0.251 e. The van der Waals surface area contributed by atoms with Crippen LogP contribution in [0.5, 0.6) is 0 Å². The van der Waals surface area contributed by atoms with Crippen molar-refractivity contribution in [2.24, 2.45) is 0 Å². The molecule has 3 aromatic rings. The van der Waals surface area contributed by atoms with E-state index in [4.69, 9.17) is 11.6 Å². The van der Waals surface area contributed by atoms with Gasteiger partial charge in [0.15, 0.2) is 0 Å². The number of hydrogen-bond acceptors (Lipinski definition) is 4. The molecule has 1 aromatic carbocycles. The van der Waals surface area contributed by atoms with Gasteiger partial charge < -0.3 is 4.90 Å². The van der Waals surface area contributed by atoms with Gasteiger partial charge in [0.05, 0.1) is 12.1 Å². The monoisotopic (exact) mass is 397 g/mol. The van der Waals surface area contributed by atoms with Crippen LogP contribution in [0.25, 0.3) is 5.95 Å². The highest BCUT2D eigenvalue weighted by molar-refractivity contribution is 6.30. The van der Waals surface area contributed by atoms with Gasteiger partial charge in [-0.1, -0.05) is 23.7 Å². The van der Waals surface area contributed by atoms with E-state index in [0.717, 1.165) is 33.9 Å². The highest BCUT2D eigenvalue weighted by atomic mass is 35.5. The number of aromatic nitrogens is 4. The Balaban J connectivity index is 1.80. The standard InChI is InChI=1S/C21H24ClN5O/c1-13-9-14(2)24-21(23-13)27-16(4)19(15(3)25-27)11-20(28)26(5)12-17-7-6-8-18(22)10-17/h6-10H,11-12H2,1-5H3. The fraction of sp³-hybridized carbons (Fsp3) is 0.333. The largest absolute Gasteiger partial charge is 0.341 e. The van der Waals surface area contributed by atoms with Gasteiger partial charge in [0.25, 0.3) is 5.95 Å². The molecule has 0 saturated heterocycles. The minimum absolute atomic E-state index is 0.0204. The van der Waals surface area contributed by atoms with Gasteiger partial charge in [-0.2, -0.15) is 5.10 Å². The molecule has 0 N–H and O–H groups in total. The zero-order chi connectivity index (χ0) is 20.4. The van der Waals surface area contributed by atoms with Crippen molar-refractivity contribution in [2.75, 3.05) is 7.05 Å². The number of amides is 1. The molecule has 6 nitrogen and oxygen atoms in total. The number of likely N-dealkylation sites (N-methyl/N-ethyl adjacent to an activating group) is 1. The first-order valence-corrected chi connectivity index (χ1v) is 9.48. The van der Waals surface area contributed by atoms with Crippen LogP contribution in [0.15, 0.2) is 30.3 Å². The van der Waals surface area contributed by atoms with Gasteiger partial charge in [-0.3, -0.25) is 4.79 Å². The Labute approximate surface area is 170 Å². The van der Waals surface area contributed by atoms with Crippen molar-refractivity contribution in [3.8, 4) is 5.95 Å². The number of carbonyl (C=O) groups excluding carboxylic acids is 1. The molecule has 0 aliphatic rings. The van der Waals surface area contributed by atoms with Gasteiger partial charge in [0.2, 0.25) is 5.91 Å². The van der Waals surface area contributed by atoms with E-state index >= 15 is 0 Å². The number of halogens is 1. The lowest BCUT2D eigenvalue weighted by atomic mass is 10.1. The van der Waals surface area contributed by atoms with E-state index in [9.17, 15) is 4.79 Å². The number of nitrogens with zero attached hydrogens (tertiary/aromatic N) is 5. The molecule has 28 heavy (non-hydrogen) atoms. The zero-order valence-corrected chi connectivity index (χ0v) is 17.6. The minimum Gasteiger partial charge on any atom is -0.341 e. The number of rotatable bonds is 5. The predicted molar refractivity (Wildman–Crippen MR) is 110 cm³/mol. The van der Waals surface area contributed by atoms with Gasteiger partial charge in [-0.15, -0.1) is 0 Å². The molecule has 1 amide bonds.